The SMILES string of the molecule is CC(C)(C)OC(=O)N1CCC[C@H]1C(=O)Cc1ccc(-c2nc3c([N+](=O)[O-])cccc3[nH]2)cc1. The van der Waals surface area contributed by atoms with Crippen LogP contribution in [0.3, 0.4) is 0 Å². The molecular formula is C24H26N4O5. The monoisotopic (exact) mass is 450 g/mol. The van der Waals surface area contributed by atoms with Crippen molar-refractivity contribution in [1.29, 1.82) is 0 Å². The van der Waals surface area contributed by atoms with E-state index in [1.807, 2.05) is 24.3 Å². The molecule has 1 aromatic heterocycles. The minimum Gasteiger partial charge on any atom is -0.444 e. The number of carbonyl (C=O) groups excluding carboxylic acids is 2. The maximum atomic E-state index is 12.9. The molecule has 0 aliphatic carbocycles. The molecule has 0 radical (unpaired) electrons. The van der Waals surface area contributed by atoms with Crippen LogP contribution >= 0.6 is 0 Å². The van der Waals surface area contributed by atoms with Gasteiger partial charge in [0.05, 0.1) is 16.5 Å². The van der Waals surface area contributed by atoms with Gasteiger partial charge in [0.2, 0.25) is 0 Å². The van der Waals surface area contributed by atoms with Gasteiger partial charge in [-0.15, -0.1) is 0 Å². The quantitative estimate of drug-likeness (QED) is 0.446. The van der Waals surface area contributed by atoms with Crippen molar-refractivity contribution in [2.24, 2.45) is 0 Å². The van der Waals surface area contributed by atoms with Crippen LogP contribution in [-0.4, -0.2) is 49.9 Å². The van der Waals surface area contributed by atoms with E-state index in [9.17, 15) is 19.7 Å². The normalized spacial score (nSPS) is 16.2. The number of hydrogen-bond donors (Lipinski definition) is 1. The van der Waals surface area contributed by atoms with Gasteiger partial charge in [-0.3, -0.25) is 19.8 Å². The number of nitro groups is 1. The van der Waals surface area contributed by atoms with Gasteiger partial charge in [-0.05, 0) is 45.2 Å². The van der Waals surface area contributed by atoms with Crippen LogP contribution in [0, 0.1) is 10.1 Å². The summed E-state index contributed by atoms with van der Waals surface area (Å²) >= 11 is 0. The van der Waals surface area contributed by atoms with Gasteiger partial charge in [0, 0.05) is 24.6 Å². The third kappa shape index (κ3) is 4.87. The number of fused-ring (bicyclic) bond motifs is 1. The Morgan fingerprint density at radius 2 is 1.94 bits per heavy atom. The first kappa shape index (κ1) is 22.4. The predicted molar refractivity (Wildman–Crippen MR) is 123 cm³/mol. The standard InChI is InChI=1S/C24H26N4O5/c1-24(2,3)33-23(30)27-13-5-8-18(27)20(29)14-15-9-11-16(12-10-15)22-25-17-6-4-7-19(28(31)32)21(17)26-22/h4,6-7,9-12,18H,5,8,13-14H2,1-3H3,(H,25,26)/t18-/m0/s1. The van der Waals surface area contributed by atoms with Gasteiger partial charge >= 0.3 is 6.09 Å². The summed E-state index contributed by atoms with van der Waals surface area (Å²) in [5.74, 6) is 0.495. The minimum atomic E-state index is -0.611. The zero-order valence-corrected chi connectivity index (χ0v) is 18.8. The van der Waals surface area contributed by atoms with Crippen LogP contribution < -0.4 is 0 Å². The van der Waals surface area contributed by atoms with Crippen molar-refractivity contribution in [1.82, 2.24) is 14.9 Å². The Kier molecular flexibility index (Phi) is 5.88. The number of aromatic amines is 1. The number of non-ortho nitro benzene ring substituents is 1. The summed E-state index contributed by atoms with van der Waals surface area (Å²) in [6, 6.07) is 11.6. The Morgan fingerprint density at radius 3 is 2.61 bits per heavy atom. The van der Waals surface area contributed by atoms with Gasteiger partial charge in [0.25, 0.3) is 5.69 Å². The van der Waals surface area contributed by atoms with Crippen LogP contribution in [0.5, 0.6) is 0 Å². The summed E-state index contributed by atoms with van der Waals surface area (Å²) < 4.78 is 5.45. The van der Waals surface area contributed by atoms with E-state index in [4.69, 9.17) is 4.74 Å². The Bertz CT molecular complexity index is 1210. The topological polar surface area (TPSA) is 118 Å². The van der Waals surface area contributed by atoms with Gasteiger partial charge in [0.15, 0.2) is 11.3 Å². The first-order valence-corrected chi connectivity index (χ1v) is 10.9. The molecule has 1 amide bonds. The lowest BCUT2D eigenvalue weighted by atomic mass is 10.0. The summed E-state index contributed by atoms with van der Waals surface area (Å²) in [5.41, 5.74) is 1.81. The lowest BCUT2D eigenvalue weighted by Crippen LogP contribution is -2.43. The molecule has 4 rings (SSSR count). The van der Waals surface area contributed by atoms with Crippen LogP contribution in [0.25, 0.3) is 22.4 Å². The van der Waals surface area contributed by atoms with Gasteiger partial charge in [-0.25, -0.2) is 9.78 Å². The molecule has 2 heterocycles. The molecule has 0 bridgehead atoms. The molecule has 0 spiro atoms. The maximum Gasteiger partial charge on any atom is 0.410 e. The van der Waals surface area contributed by atoms with E-state index in [-0.39, 0.29) is 17.9 Å². The number of nitro benzene ring substituents is 1. The summed E-state index contributed by atoms with van der Waals surface area (Å²) in [5, 5.41) is 11.2. The zero-order valence-electron chi connectivity index (χ0n) is 18.8. The second-order valence-electron chi connectivity index (χ2n) is 9.19. The molecule has 0 unspecified atom stereocenters. The third-order valence-corrected chi connectivity index (χ3v) is 5.55. The number of hydrogen-bond acceptors (Lipinski definition) is 6. The van der Waals surface area contributed by atoms with E-state index in [0.717, 1.165) is 17.5 Å². The number of ketones is 1. The van der Waals surface area contributed by atoms with Crippen LogP contribution in [0.4, 0.5) is 10.5 Å². The van der Waals surface area contributed by atoms with Crippen molar-refractivity contribution in [2.45, 2.75) is 51.7 Å². The van der Waals surface area contributed by atoms with Gasteiger partial charge in [-0.1, -0.05) is 30.3 Å². The van der Waals surface area contributed by atoms with E-state index >= 15 is 0 Å². The Morgan fingerprint density at radius 1 is 1.21 bits per heavy atom. The summed E-state index contributed by atoms with van der Waals surface area (Å²) in [7, 11) is 0. The molecule has 1 aliphatic heterocycles. The second kappa shape index (κ2) is 8.65. The molecule has 0 saturated carbocycles. The molecule has 33 heavy (non-hydrogen) atoms. The number of imidazole rings is 1. The van der Waals surface area contributed by atoms with Gasteiger partial charge < -0.3 is 9.72 Å². The largest absolute Gasteiger partial charge is 0.444 e. The third-order valence-electron chi connectivity index (χ3n) is 5.55. The average molecular weight is 450 g/mol. The van der Waals surface area contributed by atoms with E-state index in [1.165, 1.54) is 11.0 Å². The Balaban J connectivity index is 1.47. The molecule has 172 valence electrons. The molecule has 9 nitrogen and oxygen atoms in total. The number of benzene rings is 2. The molecule has 3 aromatic rings. The van der Waals surface area contributed by atoms with Crippen LogP contribution in [0.15, 0.2) is 42.5 Å². The number of rotatable bonds is 5. The summed E-state index contributed by atoms with van der Waals surface area (Å²) in [4.78, 5) is 45.2. The fourth-order valence-electron chi connectivity index (χ4n) is 4.04. The highest BCUT2D eigenvalue weighted by molar-refractivity contribution is 5.90. The fourth-order valence-corrected chi connectivity index (χ4v) is 4.04. The number of amides is 1. The highest BCUT2D eigenvalue weighted by Gasteiger charge is 2.36. The molecule has 1 saturated heterocycles. The molecule has 2 aromatic carbocycles. The number of ether oxygens (including phenoxy) is 1. The number of nitrogens with one attached hydrogen (secondary N) is 1. The van der Waals surface area contributed by atoms with Crippen molar-refractivity contribution in [2.75, 3.05) is 6.54 Å². The van der Waals surface area contributed by atoms with E-state index in [0.29, 0.717) is 29.8 Å². The van der Waals surface area contributed by atoms with Crippen LogP contribution in [0.2, 0.25) is 0 Å². The number of para-hydroxylation sites is 1. The summed E-state index contributed by atoms with van der Waals surface area (Å²) in [6.07, 6.45) is 1.16. The van der Waals surface area contributed by atoms with Crippen LogP contribution in [0.1, 0.15) is 39.2 Å². The Labute approximate surface area is 190 Å². The van der Waals surface area contributed by atoms with Crippen molar-refractivity contribution in [3.05, 3.63) is 58.1 Å². The molecule has 1 N–H and O–H groups in total. The van der Waals surface area contributed by atoms with Crippen molar-refractivity contribution in [3.63, 3.8) is 0 Å². The number of likely N-dealkylation sites (tertiary alicyclic amines) is 1. The lowest BCUT2D eigenvalue weighted by molar-refractivity contribution is -0.383. The zero-order chi connectivity index (χ0) is 23.8. The number of aromatic nitrogens is 2. The van der Waals surface area contributed by atoms with Gasteiger partial charge in [-0.2, -0.15) is 0 Å². The number of carbonyl (C=O) groups is 2. The molecule has 9 heteroatoms. The molecule has 1 atom stereocenters. The number of nitrogens with zero attached hydrogens (tertiary/aromatic N) is 3. The fraction of sp³-hybridized carbons (Fsp3) is 0.375. The highest BCUT2D eigenvalue weighted by Crippen LogP contribution is 2.28. The average Bonchev–Trinajstić information content (AvgIpc) is 3.40. The second-order valence-corrected chi connectivity index (χ2v) is 9.19. The van der Waals surface area contributed by atoms with Crippen molar-refractivity contribution < 1.29 is 19.2 Å². The van der Waals surface area contributed by atoms with E-state index in [1.54, 1.807) is 32.9 Å². The Hall–Kier alpha value is -3.75. The first-order valence-electron chi connectivity index (χ1n) is 10.9. The molecule has 1 fully saturated rings. The predicted octanol–water partition coefficient (Wildman–Crippen LogP) is 4.65. The van der Waals surface area contributed by atoms with Crippen LogP contribution in [-0.2, 0) is 16.0 Å². The van der Waals surface area contributed by atoms with E-state index in [2.05, 4.69) is 9.97 Å². The molecule has 1 aliphatic rings. The van der Waals surface area contributed by atoms with E-state index < -0.39 is 22.7 Å². The number of H-pyrrole nitrogens is 1. The number of Topliss-reactive ketones (excluding diaryl/α,β-unsaturated/α-hetero) is 1. The van der Waals surface area contributed by atoms with Crippen molar-refractivity contribution in [3.8, 4) is 11.4 Å². The van der Waals surface area contributed by atoms with Gasteiger partial charge in [0.1, 0.15) is 11.4 Å². The molecular weight excluding hydrogens is 424 g/mol. The summed E-state index contributed by atoms with van der Waals surface area (Å²) in [6.45, 7) is 5.93. The first-order chi connectivity index (χ1) is 15.6. The smallest absolute Gasteiger partial charge is 0.410 e. The minimum absolute atomic E-state index is 0.0227. The lowest BCUT2D eigenvalue weighted by Gasteiger charge is -2.28. The maximum absolute atomic E-state index is 12.9. The van der Waals surface area contributed by atoms with Crippen molar-refractivity contribution >= 4 is 28.6 Å². The highest BCUT2D eigenvalue weighted by atomic mass is 16.6.